The summed E-state index contributed by atoms with van der Waals surface area (Å²) in [6, 6.07) is 0. The first-order valence-corrected chi connectivity index (χ1v) is 61.1. The van der Waals surface area contributed by atoms with E-state index in [1.165, 1.54) is 115 Å². The smallest absolute Gasteiger partial charge is 0.391 e. The lowest BCUT2D eigenvalue weighted by molar-refractivity contribution is -0.153. The molecule has 3 heterocycles. The Balaban J connectivity index is -0.00000136. The summed E-state index contributed by atoms with van der Waals surface area (Å²) in [5.74, 6) is 3.92. The maximum Gasteiger partial charge on any atom is 0.391 e. The maximum atomic E-state index is 13.1. The van der Waals surface area contributed by atoms with Crippen LogP contribution in [-0.2, 0) is 91.2 Å². The molecular formula is C82H177N3O20P6S6. The lowest BCUT2D eigenvalue weighted by Crippen LogP contribution is -2.36. The summed E-state index contributed by atoms with van der Waals surface area (Å²) >= 11 is 7.57. The minimum Gasteiger partial charge on any atom is -0.464 e. The molecular weight excluding hydrogens is 1730 g/mol. The van der Waals surface area contributed by atoms with Gasteiger partial charge in [0.1, 0.15) is 6.61 Å². The van der Waals surface area contributed by atoms with Gasteiger partial charge >= 0.3 is 46.8 Å². The van der Waals surface area contributed by atoms with Crippen LogP contribution in [0.3, 0.4) is 0 Å². The molecule has 3 rings (SSSR count). The third-order valence-electron chi connectivity index (χ3n) is 13.4. The fourth-order valence-corrected chi connectivity index (χ4v) is 37.5. The molecule has 706 valence electrons. The van der Waals surface area contributed by atoms with Gasteiger partial charge in [0.25, 0.3) is 0 Å². The molecule has 0 spiro atoms. The van der Waals surface area contributed by atoms with Crippen molar-refractivity contribution >= 4 is 115 Å². The van der Waals surface area contributed by atoms with E-state index >= 15 is 0 Å². The van der Waals surface area contributed by atoms with Crippen molar-refractivity contribution in [2.24, 2.45) is 5.41 Å². The van der Waals surface area contributed by atoms with Gasteiger partial charge in [-0.15, -0.1) is 0 Å². The third-order valence-corrected chi connectivity index (χ3v) is 38.9. The van der Waals surface area contributed by atoms with Crippen LogP contribution in [0.5, 0.6) is 0 Å². The Bertz CT molecular complexity index is 2850. The van der Waals surface area contributed by atoms with Crippen molar-refractivity contribution in [1.29, 1.82) is 0 Å². The zero-order valence-corrected chi connectivity index (χ0v) is 92.0. The topological polar surface area (TPSA) is 249 Å². The molecule has 3 saturated heterocycles. The van der Waals surface area contributed by atoms with Crippen LogP contribution >= 0.6 is 109 Å². The summed E-state index contributed by atoms with van der Waals surface area (Å²) in [6.07, 6.45) is 14.1. The van der Waals surface area contributed by atoms with Gasteiger partial charge in [-0.1, -0.05) is 40.0 Å². The highest BCUT2D eigenvalue weighted by Crippen LogP contribution is 2.69. The van der Waals surface area contributed by atoms with Gasteiger partial charge in [-0.05, 0) is 435 Å². The van der Waals surface area contributed by atoms with Crippen molar-refractivity contribution < 1.29 is 91.2 Å². The molecule has 0 aromatic rings. The first-order valence-electron chi connectivity index (χ1n) is 42.3. The summed E-state index contributed by atoms with van der Waals surface area (Å²) in [7, 11) is 0. The molecule has 0 atom stereocenters. The average molecular weight is 1900 g/mol. The van der Waals surface area contributed by atoms with E-state index in [4.69, 9.17) is 59.0 Å². The van der Waals surface area contributed by atoms with E-state index in [9.17, 15) is 32.2 Å². The molecule has 0 saturated carbocycles. The number of nitrogens with zero attached hydrogens (tertiary/aromatic N) is 3. The summed E-state index contributed by atoms with van der Waals surface area (Å²) in [5.41, 5.74) is -6.36. The second-order valence-corrected chi connectivity index (χ2v) is 66.2. The molecule has 0 unspecified atom stereocenters. The first-order chi connectivity index (χ1) is 52.0. The van der Waals surface area contributed by atoms with E-state index in [2.05, 4.69) is 14.7 Å². The van der Waals surface area contributed by atoms with Crippen molar-refractivity contribution in [3.63, 3.8) is 0 Å². The highest BCUT2D eigenvalue weighted by molar-refractivity contribution is 8.56. The fraction of sp³-hybridized carbons (Fsp3) is 0.988. The predicted octanol–water partition coefficient (Wildman–Crippen LogP) is 30.0. The number of carbonyl (C=O) groups is 1. The van der Waals surface area contributed by atoms with Gasteiger partial charge in [0.2, 0.25) is 0 Å². The minimum absolute atomic E-state index is 0.182. The molecule has 0 aliphatic carbocycles. The Morgan fingerprint density at radius 2 is 0.470 bits per heavy atom. The molecule has 3 aliphatic heterocycles. The van der Waals surface area contributed by atoms with Crippen molar-refractivity contribution in [2.45, 2.75) is 428 Å². The van der Waals surface area contributed by atoms with Crippen molar-refractivity contribution in [1.82, 2.24) is 14.7 Å². The highest BCUT2D eigenvalue weighted by Gasteiger charge is 2.43. The molecule has 3 aliphatic rings. The van der Waals surface area contributed by atoms with E-state index in [1.54, 1.807) is 0 Å². The van der Waals surface area contributed by atoms with E-state index in [-0.39, 0.29) is 12.6 Å². The first kappa shape index (κ1) is 123. The second kappa shape index (κ2) is 53.6. The van der Waals surface area contributed by atoms with Crippen LogP contribution in [0.4, 0.5) is 0 Å². The van der Waals surface area contributed by atoms with Gasteiger partial charge in [0.05, 0.1) is 78.5 Å². The Morgan fingerprint density at radius 3 is 0.701 bits per heavy atom. The van der Waals surface area contributed by atoms with Crippen LogP contribution in [-0.4, -0.2) is 181 Å². The van der Waals surface area contributed by atoms with Gasteiger partial charge in [-0.2, -0.15) is 0 Å². The van der Waals surface area contributed by atoms with E-state index in [0.29, 0.717) is 17.4 Å². The Kier molecular flexibility index (Phi) is 56.6. The Labute approximate surface area is 742 Å². The molecule has 3 fully saturated rings. The molecule has 0 aromatic heterocycles. The Morgan fingerprint density at radius 1 is 0.265 bits per heavy atom. The van der Waals surface area contributed by atoms with E-state index in [1.807, 2.05) is 284 Å². The molecule has 0 aromatic carbocycles. The number of ether oxygens (including phenoxy) is 1. The van der Waals surface area contributed by atoms with Crippen LogP contribution in [0.1, 0.15) is 361 Å². The number of hydrogen-bond acceptors (Lipinski definition) is 29. The number of rotatable bonds is 35. The molecule has 0 radical (unpaired) electrons. The highest BCUT2D eigenvalue weighted by atomic mass is 32.7. The zero-order valence-electron chi connectivity index (χ0n) is 81.7. The van der Waals surface area contributed by atoms with Gasteiger partial charge < -0.3 is 14.5 Å². The number of esters is 1. The van der Waals surface area contributed by atoms with Gasteiger partial charge in [0, 0.05) is 35.3 Å². The normalized spacial score (nSPS) is 16.7. The number of carbonyl (C=O) groups excluding carboxylic acids is 1. The van der Waals surface area contributed by atoms with Gasteiger partial charge in [0.15, 0.2) is 0 Å². The molecule has 117 heavy (non-hydrogen) atoms. The number of piperidine rings is 3. The zero-order chi connectivity index (χ0) is 92.3. The molecule has 0 bridgehead atoms. The average Bonchev–Trinajstić information content (AvgIpc) is 0.857. The monoisotopic (exact) mass is 1900 g/mol. The van der Waals surface area contributed by atoms with Crippen molar-refractivity contribution in [2.75, 3.05) is 93.6 Å². The maximum absolute atomic E-state index is 13.1. The van der Waals surface area contributed by atoms with Crippen molar-refractivity contribution in [3.8, 4) is 0 Å². The van der Waals surface area contributed by atoms with Crippen LogP contribution in [0, 0.1) is 5.41 Å². The van der Waals surface area contributed by atoms with Crippen molar-refractivity contribution in [3.05, 3.63) is 0 Å². The lowest BCUT2D eigenvalue weighted by Gasteiger charge is -2.33. The Hall–Kier alpha value is 2.35. The van der Waals surface area contributed by atoms with Crippen LogP contribution < -0.4 is 0 Å². The lowest BCUT2D eigenvalue weighted by atomic mass is 9.89. The van der Waals surface area contributed by atoms with Crippen LogP contribution in [0.2, 0.25) is 0 Å². The molecule has 0 N–H and O–H groups in total. The largest absolute Gasteiger partial charge is 0.464 e. The van der Waals surface area contributed by atoms with E-state index < -0.39 is 113 Å². The van der Waals surface area contributed by atoms with Crippen LogP contribution in [0.25, 0.3) is 0 Å². The van der Waals surface area contributed by atoms with E-state index in [0.717, 1.165) is 100 Å². The van der Waals surface area contributed by atoms with Gasteiger partial charge in [-0.25, -0.2) is 27.4 Å². The quantitative estimate of drug-likeness (QED) is 0.0325. The summed E-state index contributed by atoms with van der Waals surface area (Å²) in [5, 5.41) is 0. The summed E-state index contributed by atoms with van der Waals surface area (Å²) < 4.78 is 150. The molecule has 23 nitrogen and oxygen atoms in total. The molecule has 35 heteroatoms. The third kappa shape index (κ3) is 75.8. The second-order valence-electron chi connectivity index (χ2n) is 41.9. The fourth-order valence-electron chi connectivity index (χ4n) is 9.92. The number of hydrogen-bond donors (Lipinski definition) is 0. The summed E-state index contributed by atoms with van der Waals surface area (Å²) in [6.45, 7) is 67.8. The van der Waals surface area contributed by atoms with Crippen LogP contribution in [0.15, 0.2) is 0 Å². The minimum atomic E-state index is -3.38. The SMILES string of the molecule is CC(C)(C)OP(=O)(OC(C)(C)C)SCCN1CCCCC1.CC(C)(C)OP(=O)(OC(C)(C)C)SCCOC(=O)C(C)(C)CCN1CCCCC1.CC(C)(C)OP(=O)(OC(C)(C)C)SCN1CCCCC1.CCCSP(=O)(OC(C)(C)C)OC(C)(C)C.CCCSP(=O)(OC(C)(C)C)OC(C)(C)C.CCSP(=O)(OC(C)(C)C)OC(C)(C)C. The number of likely N-dealkylation sites (tertiary alicyclic amines) is 3. The predicted molar refractivity (Wildman–Crippen MR) is 512 cm³/mol. The molecule has 0 amide bonds. The standard InChI is InChI=1S/C21H42NO5PS.C15H32NO3PS.C14H30NO3PS.2C11H25O3PS.C10H23O3PS/c1-19(2,3)26-28(24,27-20(4,5)6)29-17-16-25-18(23)21(7,8)12-15-22-13-10-9-11-14-22;1-14(2,3)18-20(17,19-15(4,5)6)21-13-12-16-10-8-7-9-11-16;1-13(2,3)17-19(16,18-14(4,5)6)20-12-15-10-8-7-9-11-15;2*1-8-9-16-15(12,13-10(2,3)4)14-11(5,6)7;1-8-15-14(11,12-9(2,3)4)13-10(5,6)7/h9-17H2,1-8H3;7-13H2,1-6H3;7-12H2,1-6H3;2*8-9H2,1-7H3;8H2,1-7H3. The summed E-state index contributed by atoms with van der Waals surface area (Å²) in [4.78, 5) is 19.7. The van der Waals surface area contributed by atoms with Gasteiger partial charge in [-0.3, -0.25) is 64.0 Å².